The van der Waals surface area contributed by atoms with E-state index >= 15 is 0 Å². The smallest absolute Gasteiger partial charge is 0.302 e. The Morgan fingerprint density at radius 1 is 1.53 bits per heavy atom. The lowest BCUT2D eigenvalue weighted by atomic mass is 10.1. The zero-order valence-electron chi connectivity index (χ0n) is 9.71. The molecule has 2 N–H and O–H groups in total. The Balaban J connectivity index is 2.23. The SMILES string of the molecule is Nc1ccc(Cl)nc1N1CC(CS(=O)(=O)F)CC1=O. The molecule has 19 heavy (non-hydrogen) atoms. The number of hydrogen-bond donors (Lipinski definition) is 1. The van der Waals surface area contributed by atoms with Crippen molar-refractivity contribution in [2.75, 3.05) is 22.9 Å². The number of pyridine rings is 1. The molecule has 1 aromatic rings. The molecular formula is C10H11ClFN3O3S. The molecule has 2 heterocycles. The highest BCUT2D eigenvalue weighted by molar-refractivity contribution is 7.86. The molecule has 0 bridgehead atoms. The molecule has 104 valence electrons. The average molecular weight is 308 g/mol. The maximum absolute atomic E-state index is 12.6. The third kappa shape index (κ3) is 3.32. The average Bonchev–Trinajstić information content (AvgIpc) is 2.60. The van der Waals surface area contributed by atoms with Crippen molar-refractivity contribution in [1.29, 1.82) is 0 Å². The molecule has 0 aromatic carbocycles. The molecule has 1 amide bonds. The second-order valence-corrected chi connectivity index (χ2v) is 6.13. The van der Waals surface area contributed by atoms with E-state index in [0.717, 1.165) is 0 Å². The molecule has 1 aromatic heterocycles. The van der Waals surface area contributed by atoms with Gasteiger partial charge in [0.05, 0.1) is 11.4 Å². The van der Waals surface area contributed by atoms with Crippen molar-refractivity contribution in [1.82, 2.24) is 4.98 Å². The molecule has 0 aliphatic carbocycles. The third-order valence-electron chi connectivity index (χ3n) is 2.77. The fourth-order valence-electron chi connectivity index (χ4n) is 2.03. The summed E-state index contributed by atoms with van der Waals surface area (Å²) in [6.45, 7) is 0.0551. The number of nitrogens with zero attached hydrogens (tertiary/aromatic N) is 2. The van der Waals surface area contributed by atoms with Gasteiger partial charge in [-0.05, 0) is 12.1 Å². The van der Waals surface area contributed by atoms with Gasteiger partial charge in [-0.25, -0.2) is 4.98 Å². The zero-order valence-corrected chi connectivity index (χ0v) is 11.3. The van der Waals surface area contributed by atoms with Crippen molar-refractivity contribution < 1.29 is 17.1 Å². The number of rotatable bonds is 3. The third-order valence-corrected chi connectivity index (χ3v) is 3.85. The quantitative estimate of drug-likeness (QED) is 0.663. The minimum Gasteiger partial charge on any atom is -0.396 e. The van der Waals surface area contributed by atoms with Crippen molar-refractivity contribution >= 4 is 39.2 Å². The van der Waals surface area contributed by atoms with Crippen LogP contribution in [0.1, 0.15) is 6.42 Å². The van der Waals surface area contributed by atoms with Crippen molar-refractivity contribution in [2.24, 2.45) is 5.92 Å². The fraction of sp³-hybridized carbons (Fsp3) is 0.400. The lowest BCUT2D eigenvalue weighted by Crippen LogP contribution is -2.27. The van der Waals surface area contributed by atoms with Crippen LogP contribution in [-0.4, -0.2) is 31.6 Å². The molecule has 0 saturated carbocycles. The van der Waals surface area contributed by atoms with Crippen LogP contribution < -0.4 is 10.6 Å². The van der Waals surface area contributed by atoms with E-state index in [4.69, 9.17) is 17.3 Å². The topological polar surface area (TPSA) is 93.4 Å². The number of hydrogen-bond acceptors (Lipinski definition) is 5. The minimum atomic E-state index is -4.61. The van der Waals surface area contributed by atoms with Crippen LogP contribution >= 0.6 is 11.6 Å². The van der Waals surface area contributed by atoms with Gasteiger partial charge in [0.2, 0.25) is 5.91 Å². The van der Waals surface area contributed by atoms with Crippen LogP contribution in [0.15, 0.2) is 12.1 Å². The zero-order chi connectivity index (χ0) is 14.2. The van der Waals surface area contributed by atoms with E-state index in [0.29, 0.717) is 0 Å². The fourth-order valence-corrected chi connectivity index (χ4v) is 2.96. The summed E-state index contributed by atoms with van der Waals surface area (Å²) >= 11 is 5.73. The van der Waals surface area contributed by atoms with Crippen LogP contribution in [0.3, 0.4) is 0 Å². The Bertz CT molecular complexity index is 622. The number of carbonyl (C=O) groups is 1. The van der Waals surface area contributed by atoms with Gasteiger partial charge in [0.15, 0.2) is 5.82 Å². The summed E-state index contributed by atoms with van der Waals surface area (Å²) in [6.07, 6.45) is -0.0587. The van der Waals surface area contributed by atoms with Gasteiger partial charge < -0.3 is 5.73 Å². The van der Waals surface area contributed by atoms with Gasteiger partial charge in [0.25, 0.3) is 0 Å². The summed E-state index contributed by atoms with van der Waals surface area (Å²) in [4.78, 5) is 17.0. The number of carbonyl (C=O) groups excluding carboxylic acids is 1. The van der Waals surface area contributed by atoms with Crippen molar-refractivity contribution in [2.45, 2.75) is 6.42 Å². The summed E-state index contributed by atoms with van der Waals surface area (Å²) in [5, 5.41) is 0.165. The Labute approximate surface area is 114 Å². The summed E-state index contributed by atoms with van der Waals surface area (Å²) in [6, 6.07) is 2.97. The standard InChI is InChI=1S/C10H11ClFN3O3S/c11-8-2-1-7(13)10(14-8)15-4-6(3-9(15)16)5-19(12,17)18/h1-2,6H,3-5,13H2. The molecule has 9 heteroatoms. The monoisotopic (exact) mass is 307 g/mol. The van der Waals surface area contributed by atoms with E-state index in [1.165, 1.54) is 17.0 Å². The highest BCUT2D eigenvalue weighted by Crippen LogP contribution is 2.29. The number of nitrogen functional groups attached to an aromatic ring is 1. The number of aromatic nitrogens is 1. The van der Waals surface area contributed by atoms with E-state index in [9.17, 15) is 17.1 Å². The molecule has 2 rings (SSSR count). The molecule has 6 nitrogen and oxygen atoms in total. The van der Waals surface area contributed by atoms with Crippen molar-refractivity contribution in [3.63, 3.8) is 0 Å². The predicted octanol–water partition coefficient (Wildman–Crippen LogP) is 0.969. The molecule has 1 unspecified atom stereocenters. The molecule has 1 aliphatic heterocycles. The summed E-state index contributed by atoms with van der Waals surface area (Å²) in [7, 11) is -4.61. The Hall–Kier alpha value is -1.41. The van der Waals surface area contributed by atoms with E-state index in [2.05, 4.69) is 4.98 Å². The van der Waals surface area contributed by atoms with Gasteiger partial charge >= 0.3 is 10.2 Å². The van der Waals surface area contributed by atoms with Gasteiger partial charge in [0, 0.05) is 18.9 Å². The van der Waals surface area contributed by atoms with Crippen LogP contribution in [0, 0.1) is 5.92 Å². The Kier molecular flexibility index (Phi) is 3.64. The second kappa shape index (κ2) is 4.93. The first-order valence-corrected chi connectivity index (χ1v) is 7.34. The van der Waals surface area contributed by atoms with E-state index in [1.807, 2.05) is 0 Å². The van der Waals surface area contributed by atoms with Crippen LogP contribution in [-0.2, 0) is 15.0 Å². The first kappa shape index (κ1) is 14.0. The van der Waals surface area contributed by atoms with E-state index in [-0.39, 0.29) is 35.5 Å². The summed E-state index contributed by atoms with van der Waals surface area (Å²) < 4.78 is 33.8. The first-order valence-electron chi connectivity index (χ1n) is 5.41. The molecule has 1 fully saturated rings. The highest BCUT2D eigenvalue weighted by atomic mass is 35.5. The highest BCUT2D eigenvalue weighted by Gasteiger charge is 2.35. The van der Waals surface area contributed by atoms with Crippen LogP contribution in [0.4, 0.5) is 15.4 Å². The lowest BCUT2D eigenvalue weighted by molar-refractivity contribution is -0.117. The number of anilines is 2. The summed E-state index contributed by atoms with van der Waals surface area (Å²) in [5.74, 6) is -1.47. The van der Waals surface area contributed by atoms with Crippen molar-refractivity contribution in [3.05, 3.63) is 17.3 Å². The molecule has 1 saturated heterocycles. The number of halogens is 2. The molecular weight excluding hydrogens is 297 g/mol. The predicted molar refractivity (Wildman–Crippen MR) is 69.0 cm³/mol. The molecule has 0 radical (unpaired) electrons. The second-order valence-electron chi connectivity index (χ2n) is 4.33. The maximum atomic E-state index is 12.6. The molecule has 1 atom stereocenters. The van der Waals surface area contributed by atoms with Gasteiger partial charge in [-0.3, -0.25) is 9.69 Å². The minimum absolute atomic E-state index is 0.0551. The summed E-state index contributed by atoms with van der Waals surface area (Å²) in [5.41, 5.74) is 5.95. The molecule has 1 aliphatic rings. The van der Waals surface area contributed by atoms with Gasteiger partial charge in [-0.2, -0.15) is 8.42 Å². The van der Waals surface area contributed by atoms with E-state index < -0.39 is 21.9 Å². The first-order chi connectivity index (χ1) is 8.76. The van der Waals surface area contributed by atoms with Gasteiger partial charge in [-0.15, -0.1) is 3.89 Å². The van der Waals surface area contributed by atoms with Crippen molar-refractivity contribution in [3.8, 4) is 0 Å². The van der Waals surface area contributed by atoms with Gasteiger partial charge in [-0.1, -0.05) is 11.6 Å². The largest absolute Gasteiger partial charge is 0.396 e. The maximum Gasteiger partial charge on any atom is 0.302 e. The number of nitrogens with two attached hydrogens (primary N) is 1. The number of amides is 1. The van der Waals surface area contributed by atoms with Crippen LogP contribution in [0.5, 0.6) is 0 Å². The van der Waals surface area contributed by atoms with Gasteiger partial charge in [0.1, 0.15) is 5.15 Å². The normalized spacial score (nSPS) is 20.0. The lowest BCUT2D eigenvalue weighted by Gasteiger charge is -2.17. The molecule has 0 spiro atoms. The van der Waals surface area contributed by atoms with Crippen LogP contribution in [0.25, 0.3) is 0 Å². The Morgan fingerprint density at radius 2 is 2.21 bits per heavy atom. The Morgan fingerprint density at radius 3 is 2.84 bits per heavy atom. The van der Waals surface area contributed by atoms with Crippen LogP contribution in [0.2, 0.25) is 5.15 Å². The van der Waals surface area contributed by atoms with E-state index in [1.54, 1.807) is 0 Å².